The first-order valence-corrected chi connectivity index (χ1v) is 12.1. The fraction of sp³-hybridized carbons (Fsp3) is 0.318. The summed E-state index contributed by atoms with van der Waals surface area (Å²) in [6.07, 6.45) is 2.10. The van der Waals surface area contributed by atoms with E-state index in [1.807, 2.05) is 35.1 Å². The van der Waals surface area contributed by atoms with Crippen LogP contribution in [0.5, 0.6) is 0 Å². The fourth-order valence-corrected chi connectivity index (χ4v) is 5.47. The summed E-state index contributed by atoms with van der Waals surface area (Å²) in [6, 6.07) is 13.5. The maximum atomic E-state index is 12.7. The SMILES string of the molecule is O=C(CN1C(=O)c2cccc([N+](=O)[O-])c2C1=O)NS(=O)(=O)N1CCC(Cc2ccccc2)CC1. The first-order chi connectivity index (χ1) is 16.2. The van der Waals surface area contributed by atoms with E-state index in [1.54, 1.807) is 0 Å². The molecule has 178 valence electrons. The molecule has 0 atom stereocenters. The largest absolute Gasteiger partial charge is 0.303 e. The summed E-state index contributed by atoms with van der Waals surface area (Å²) in [6.45, 7) is -0.397. The van der Waals surface area contributed by atoms with E-state index in [2.05, 4.69) is 0 Å². The van der Waals surface area contributed by atoms with Gasteiger partial charge in [-0.15, -0.1) is 0 Å². The Balaban J connectivity index is 1.36. The number of rotatable bonds is 7. The van der Waals surface area contributed by atoms with Crippen molar-refractivity contribution in [3.8, 4) is 0 Å². The molecule has 0 aliphatic carbocycles. The average Bonchev–Trinajstić information content (AvgIpc) is 3.04. The Labute approximate surface area is 195 Å². The van der Waals surface area contributed by atoms with Crippen LogP contribution in [-0.4, -0.2) is 59.9 Å². The Morgan fingerprint density at radius 3 is 2.35 bits per heavy atom. The van der Waals surface area contributed by atoms with E-state index in [4.69, 9.17) is 0 Å². The number of nitro benzene ring substituents is 1. The third-order valence-corrected chi connectivity index (χ3v) is 7.53. The van der Waals surface area contributed by atoms with E-state index >= 15 is 0 Å². The summed E-state index contributed by atoms with van der Waals surface area (Å²) in [5.74, 6) is -2.66. The molecule has 12 heteroatoms. The molecule has 0 spiro atoms. The average molecular weight is 487 g/mol. The van der Waals surface area contributed by atoms with Gasteiger partial charge in [0, 0.05) is 19.2 Å². The number of amides is 3. The number of hydrogen-bond donors (Lipinski definition) is 1. The van der Waals surface area contributed by atoms with Gasteiger partial charge in [0.1, 0.15) is 12.1 Å². The van der Waals surface area contributed by atoms with Gasteiger partial charge in [-0.1, -0.05) is 36.4 Å². The van der Waals surface area contributed by atoms with Crippen molar-refractivity contribution in [2.24, 2.45) is 5.92 Å². The molecule has 0 radical (unpaired) electrons. The molecule has 0 unspecified atom stereocenters. The number of carbonyl (C=O) groups is 3. The van der Waals surface area contributed by atoms with Crippen LogP contribution in [0.2, 0.25) is 0 Å². The molecule has 1 fully saturated rings. The predicted octanol–water partition coefficient (Wildman–Crippen LogP) is 1.51. The van der Waals surface area contributed by atoms with Crippen LogP contribution in [0, 0.1) is 16.0 Å². The number of nitrogens with zero attached hydrogens (tertiary/aromatic N) is 3. The Kier molecular flexibility index (Phi) is 6.44. The summed E-state index contributed by atoms with van der Waals surface area (Å²) in [5.41, 5.74) is 0.0204. The van der Waals surface area contributed by atoms with Gasteiger partial charge in [-0.25, -0.2) is 4.72 Å². The lowest BCUT2D eigenvalue weighted by molar-refractivity contribution is -0.385. The maximum Gasteiger partial charge on any atom is 0.303 e. The van der Waals surface area contributed by atoms with Crippen molar-refractivity contribution in [2.45, 2.75) is 19.3 Å². The van der Waals surface area contributed by atoms with Crippen LogP contribution in [0.3, 0.4) is 0 Å². The third kappa shape index (κ3) is 4.68. The zero-order valence-electron chi connectivity index (χ0n) is 18.0. The summed E-state index contributed by atoms with van der Waals surface area (Å²) in [5, 5.41) is 11.2. The molecule has 2 aliphatic rings. The van der Waals surface area contributed by atoms with Crippen LogP contribution in [0.4, 0.5) is 5.69 Å². The van der Waals surface area contributed by atoms with Gasteiger partial charge in [-0.3, -0.25) is 29.4 Å². The second-order valence-electron chi connectivity index (χ2n) is 8.22. The first kappa shape index (κ1) is 23.5. The topological polar surface area (TPSA) is 147 Å². The molecule has 1 saturated heterocycles. The van der Waals surface area contributed by atoms with Crippen molar-refractivity contribution in [3.63, 3.8) is 0 Å². The normalized spacial score (nSPS) is 17.0. The van der Waals surface area contributed by atoms with Crippen molar-refractivity contribution in [3.05, 3.63) is 75.3 Å². The Morgan fingerprint density at radius 1 is 1.03 bits per heavy atom. The standard InChI is InChI=1S/C22H22N4O7S/c27-19(14-25-21(28)17-7-4-8-18(26(30)31)20(17)22(25)29)23-34(32,33)24-11-9-16(10-12-24)13-15-5-2-1-3-6-15/h1-8,16H,9-14H2,(H,23,27). The van der Waals surface area contributed by atoms with Gasteiger partial charge in [0.25, 0.3) is 23.4 Å². The van der Waals surface area contributed by atoms with Gasteiger partial charge < -0.3 is 0 Å². The highest BCUT2D eigenvalue weighted by atomic mass is 32.2. The van der Waals surface area contributed by atoms with Gasteiger partial charge in [-0.05, 0) is 36.8 Å². The molecule has 34 heavy (non-hydrogen) atoms. The van der Waals surface area contributed by atoms with Crippen molar-refractivity contribution >= 4 is 33.6 Å². The number of nitrogens with one attached hydrogen (secondary N) is 1. The number of hydrogen-bond acceptors (Lipinski definition) is 7. The Bertz CT molecular complexity index is 1260. The zero-order valence-corrected chi connectivity index (χ0v) is 18.9. The van der Waals surface area contributed by atoms with Crippen LogP contribution in [0.15, 0.2) is 48.5 Å². The summed E-state index contributed by atoms with van der Waals surface area (Å²) in [7, 11) is -4.17. The smallest absolute Gasteiger partial charge is 0.272 e. The number of nitro groups is 1. The summed E-state index contributed by atoms with van der Waals surface area (Å²) >= 11 is 0. The number of benzene rings is 2. The first-order valence-electron chi connectivity index (χ1n) is 10.7. The van der Waals surface area contributed by atoms with Crippen molar-refractivity contribution in [1.29, 1.82) is 0 Å². The molecule has 2 heterocycles. The van der Waals surface area contributed by atoms with Crippen LogP contribution < -0.4 is 4.72 Å². The van der Waals surface area contributed by atoms with E-state index in [9.17, 15) is 32.9 Å². The second kappa shape index (κ2) is 9.31. The van der Waals surface area contributed by atoms with Crippen LogP contribution in [0.25, 0.3) is 0 Å². The minimum atomic E-state index is -4.17. The van der Waals surface area contributed by atoms with Crippen molar-refractivity contribution in [2.75, 3.05) is 19.6 Å². The number of imide groups is 1. The lowest BCUT2D eigenvalue weighted by atomic mass is 9.91. The summed E-state index contributed by atoms with van der Waals surface area (Å²) < 4.78 is 28.4. The van der Waals surface area contributed by atoms with Crippen LogP contribution in [-0.2, 0) is 21.4 Å². The fourth-order valence-electron chi connectivity index (χ4n) is 4.30. The Morgan fingerprint density at radius 2 is 1.71 bits per heavy atom. The van der Waals surface area contributed by atoms with Gasteiger partial charge >= 0.3 is 10.2 Å². The van der Waals surface area contributed by atoms with E-state index in [0.717, 1.165) is 12.5 Å². The molecular formula is C22H22N4O7S. The minimum Gasteiger partial charge on any atom is -0.272 e. The molecule has 0 aromatic heterocycles. The van der Waals surface area contributed by atoms with Crippen LogP contribution in [0.1, 0.15) is 39.1 Å². The summed E-state index contributed by atoms with van der Waals surface area (Å²) in [4.78, 5) is 48.4. The molecule has 0 bridgehead atoms. The van der Waals surface area contributed by atoms with Crippen LogP contribution >= 0.6 is 0 Å². The quantitative estimate of drug-likeness (QED) is 0.354. The molecule has 11 nitrogen and oxygen atoms in total. The zero-order chi connectivity index (χ0) is 24.5. The lowest BCUT2D eigenvalue weighted by Gasteiger charge is -2.31. The van der Waals surface area contributed by atoms with E-state index in [1.165, 1.54) is 22.0 Å². The van der Waals surface area contributed by atoms with E-state index in [-0.39, 0.29) is 18.7 Å². The van der Waals surface area contributed by atoms with E-state index in [0.29, 0.717) is 23.7 Å². The number of piperidine rings is 1. The predicted molar refractivity (Wildman–Crippen MR) is 120 cm³/mol. The number of fused-ring (bicyclic) bond motifs is 1. The van der Waals surface area contributed by atoms with Crippen molar-refractivity contribution in [1.82, 2.24) is 13.9 Å². The molecular weight excluding hydrogens is 464 g/mol. The van der Waals surface area contributed by atoms with Crippen molar-refractivity contribution < 1.29 is 27.7 Å². The highest BCUT2D eigenvalue weighted by Gasteiger charge is 2.42. The highest BCUT2D eigenvalue weighted by molar-refractivity contribution is 7.87. The molecule has 1 N–H and O–H groups in total. The second-order valence-corrected chi connectivity index (χ2v) is 9.89. The monoisotopic (exact) mass is 486 g/mol. The van der Waals surface area contributed by atoms with Gasteiger partial charge in [0.2, 0.25) is 0 Å². The Hall–Kier alpha value is -3.64. The lowest BCUT2D eigenvalue weighted by Crippen LogP contribution is -2.50. The molecule has 2 aromatic carbocycles. The van der Waals surface area contributed by atoms with Gasteiger partial charge in [0.05, 0.1) is 10.5 Å². The highest BCUT2D eigenvalue weighted by Crippen LogP contribution is 2.30. The molecule has 4 rings (SSSR count). The number of carbonyl (C=O) groups excluding carboxylic acids is 3. The third-order valence-electron chi connectivity index (χ3n) is 6.00. The minimum absolute atomic E-state index is 0.199. The maximum absolute atomic E-state index is 12.7. The molecule has 3 amide bonds. The molecule has 2 aliphatic heterocycles. The van der Waals surface area contributed by atoms with Gasteiger partial charge in [0.15, 0.2) is 0 Å². The molecule has 0 saturated carbocycles. The van der Waals surface area contributed by atoms with E-state index < -0.39 is 50.6 Å². The van der Waals surface area contributed by atoms with Gasteiger partial charge in [-0.2, -0.15) is 12.7 Å². The molecule has 2 aromatic rings.